The van der Waals surface area contributed by atoms with E-state index < -0.39 is 17.5 Å². The Hall–Kier alpha value is -0.780. The standard InChI is InChI=1S/C14H19F3N2.ClH/c1-2-3-13(19-6-4-18-5-7-19)11-8-10(15)9-12(16)14(11)17;/h8-9,13,18H,2-7H2,1H3;1H/t13-;/m1./s1. The Balaban J connectivity index is 0.00000200. The van der Waals surface area contributed by atoms with Crippen LogP contribution >= 0.6 is 12.4 Å². The topological polar surface area (TPSA) is 15.3 Å². The zero-order valence-electron chi connectivity index (χ0n) is 11.5. The highest BCUT2D eigenvalue weighted by Crippen LogP contribution is 2.29. The van der Waals surface area contributed by atoms with Crippen LogP contribution in [0.15, 0.2) is 12.1 Å². The van der Waals surface area contributed by atoms with Crippen molar-refractivity contribution in [3.63, 3.8) is 0 Å². The fraction of sp³-hybridized carbons (Fsp3) is 0.571. The summed E-state index contributed by atoms with van der Waals surface area (Å²) in [6.45, 7) is 5.16. The van der Waals surface area contributed by atoms with Crippen LogP contribution in [-0.4, -0.2) is 31.1 Å². The summed E-state index contributed by atoms with van der Waals surface area (Å²) in [6.07, 6.45) is 1.53. The Morgan fingerprint density at radius 3 is 2.45 bits per heavy atom. The van der Waals surface area contributed by atoms with Crippen LogP contribution in [0.3, 0.4) is 0 Å². The fourth-order valence-electron chi connectivity index (χ4n) is 2.62. The van der Waals surface area contributed by atoms with E-state index >= 15 is 0 Å². The Labute approximate surface area is 123 Å². The largest absolute Gasteiger partial charge is 0.314 e. The number of nitrogens with one attached hydrogen (secondary N) is 1. The van der Waals surface area contributed by atoms with Gasteiger partial charge in [-0.15, -0.1) is 12.4 Å². The summed E-state index contributed by atoms with van der Waals surface area (Å²) in [5.74, 6) is -2.74. The molecule has 20 heavy (non-hydrogen) atoms. The molecule has 0 aromatic heterocycles. The average Bonchev–Trinajstić information content (AvgIpc) is 2.41. The van der Waals surface area contributed by atoms with Crippen molar-refractivity contribution in [1.29, 1.82) is 0 Å². The van der Waals surface area contributed by atoms with Crippen LogP contribution in [0.25, 0.3) is 0 Å². The van der Waals surface area contributed by atoms with Gasteiger partial charge in [0.25, 0.3) is 0 Å². The fourth-order valence-corrected chi connectivity index (χ4v) is 2.62. The molecule has 0 aliphatic carbocycles. The highest BCUT2D eigenvalue weighted by atomic mass is 35.5. The van der Waals surface area contributed by atoms with Crippen molar-refractivity contribution in [2.24, 2.45) is 0 Å². The van der Waals surface area contributed by atoms with Gasteiger partial charge in [-0.1, -0.05) is 13.3 Å². The molecule has 0 bridgehead atoms. The van der Waals surface area contributed by atoms with Crippen molar-refractivity contribution in [2.45, 2.75) is 25.8 Å². The second kappa shape index (κ2) is 7.86. The normalized spacial score (nSPS) is 17.6. The molecular weight excluding hydrogens is 289 g/mol. The third-order valence-electron chi connectivity index (χ3n) is 3.53. The van der Waals surface area contributed by atoms with E-state index in [0.717, 1.165) is 38.7 Å². The molecule has 1 aromatic carbocycles. The molecule has 114 valence electrons. The molecule has 1 aliphatic heterocycles. The van der Waals surface area contributed by atoms with E-state index in [0.29, 0.717) is 12.5 Å². The van der Waals surface area contributed by atoms with Crippen molar-refractivity contribution in [3.8, 4) is 0 Å². The van der Waals surface area contributed by atoms with Gasteiger partial charge < -0.3 is 5.32 Å². The lowest BCUT2D eigenvalue weighted by atomic mass is 9.99. The molecule has 1 heterocycles. The maximum Gasteiger partial charge on any atom is 0.163 e. The van der Waals surface area contributed by atoms with E-state index in [2.05, 4.69) is 10.2 Å². The van der Waals surface area contributed by atoms with Crippen molar-refractivity contribution >= 4 is 12.4 Å². The third-order valence-corrected chi connectivity index (χ3v) is 3.53. The van der Waals surface area contributed by atoms with E-state index in [1.54, 1.807) is 0 Å². The van der Waals surface area contributed by atoms with Gasteiger partial charge in [0.05, 0.1) is 0 Å². The van der Waals surface area contributed by atoms with E-state index in [1.165, 1.54) is 0 Å². The lowest BCUT2D eigenvalue weighted by Crippen LogP contribution is -2.45. The molecule has 0 spiro atoms. The van der Waals surface area contributed by atoms with Gasteiger partial charge in [0.2, 0.25) is 0 Å². The first-order chi connectivity index (χ1) is 9.13. The summed E-state index contributed by atoms with van der Waals surface area (Å²) >= 11 is 0. The van der Waals surface area contributed by atoms with E-state index in [-0.39, 0.29) is 24.0 Å². The molecule has 0 radical (unpaired) electrons. The molecule has 1 saturated heterocycles. The number of benzene rings is 1. The van der Waals surface area contributed by atoms with Crippen molar-refractivity contribution in [3.05, 3.63) is 35.1 Å². The van der Waals surface area contributed by atoms with Crippen molar-refractivity contribution in [2.75, 3.05) is 26.2 Å². The van der Waals surface area contributed by atoms with E-state index in [9.17, 15) is 13.2 Å². The summed E-state index contributed by atoms with van der Waals surface area (Å²) in [6, 6.07) is 1.47. The summed E-state index contributed by atoms with van der Waals surface area (Å²) in [5.41, 5.74) is 0.140. The van der Waals surface area contributed by atoms with Crippen LogP contribution in [0, 0.1) is 17.5 Å². The van der Waals surface area contributed by atoms with Crippen LogP contribution in [0.4, 0.5) is 13.2 Å². The molecule has 0 amide bonds. The summed E-state index contributed by atoms with van der Waals surface area (Å²) in [5, 5.41) is 3.22. The predicted molar refractivity (Wildman–Crippen MR) is 75.7 cm³/mol. The van der Waals surface area contributed by atoms with Crippen molar-refractivity contribution < 1.29 is 13.2 Å². The van der Waals surface area contributed by atoms with Crippen LogP contribution in [-0.2, 0) is 0 Å². The van der Waals surface area contributed by atoms with Crippen LogP contribution in [0.5, 0.6) is 0 Å². The number of piperazine rings is 1. The molecule has 1 atom stereocenters. The van der Waals surface area contributed by atoms with Gasteiger partial charge in [-0.25, -0.2) is 13.2 Å². The second-order valence-corrected chi connectivity index (χ2v) is 4.88. The minimum atomic E-state index is -1.11. The van der Waals surface area contributed by atoms with Crippen LogP contribution < -0.4 is 5.32 Å². The van der Waals surface area contributed by atoms with Gasteiger partial charge in [0, 0.05) is 43.9 Å². The van der Waals surface area contributed by atoms with Gasteiger partial charge in [0.1, 0.15) is 5.82 Å². The molecular formula is C14H20ClF3N2. The zero-order valence-corrected chi connectivity index (χ0v) is 12.3. The Kier molecular flexibility index (Phi) is 6.79. The SMILES string of the molecule is CCC[C@H](c1cc(F)cc(F)c1F)N1CCNCC1.Cl. The van der Waals surface area contributed by atoms with Gasteiger partial charge in [-0.3, -0.25) is 4.90 Å². The molecule has 0 unspecified atom stereocenters. The monoisotopic (exact) mass is 308 g/mol. The minimum Gasteiger partial charge on any atom is -0.314 e. The van der Waals surface area contributed by atoms with Crippen LogP contribution in [0.1, 0.15) is 31.4 Å². The van der Waals surface area contributed by atoms with E-state index in [4.69, 9.17) is 0 Å². The minimum absolute atomic E-state index is 0. The first-order valence-electron chi connectivity index (χ1n) is 6.72. The molecule has 1 N–H and O–H groups in total. The van der Waals surface area contributed by atoms with E-state index in [1.807, 2.05) is 6.92 Å². The van der Waals surface area contributed by atoms with Gasteiger partial charge in [-0.05, 0) is 12.5 Å². The number of halogens is 4. The Morgan fingerprint density at radius 1 is 1.20 bits per heavy atom. The number of hydrogen-bond donors (Lipinski definition) is 1. The molecule has 2 nitrogen and oxygen atoms in total. The highest BCUT2D eigenvalue weighted by molar-refractivity contribution is 5.85. The maximum atomic E-state index is 13.9. The lowest BCUT2D eigenvalue weighted by molar-refractivity contribution is 0.160. The molecule has 0 saturated carbocycles. The maximum absolute atomic E-state index is 13.9. The molecule has 6 heteroatoms. The highest BCUT2D eigenvalue weighted by Gasteiger charge is 2.26. The zero-order chi connectivity index (χ0) is 13.8. The van der Waals surface area contributed by atoms with Crippen molar-refractivity contribution in [1.82, 2.24) is 10.2 Å². The first kappa shape index (κ1) is 17.3. The van der Waals surface area contributed by atoms with Gasteiger partial charge in [0.15, 0.2) is 11.6 Å². The van der Waals surface area contributed by atoms with Crippen LogP contribution in [0.2, 0.25) is 0 Å². The first-order valence-corrected chi connectivity index (χ1v) is 6.72. The average molecular weight is 309 g/mol. The number of rotatable bonds is 4. The Morgan fingerprint density at radius 2 is 1.85 bits per heavy atom. The second-order valence-electron chi connectivity index (χ2n) is 4.88. The Bertz CT molecular complexity index is 437. The summed E-state index contributed by atoms with van der Waals surface area (Å²) in [7, 11) is 0. The quantitative estimate of drug-likeness (QED) is 0.859. The molecule has 2 rings (SSSR count). The number of hydrogen-bond acceptors (Lipinski definition) is 2. The lowest BCUT2D eigenvalue weighted by Gasteiger charge is -2.35. The van der Waals surface area contributed by atoms with Gasteiger partial charge >= 0.3 is 0 Å². The molecule has 1 aromatic rings. The van der Waals surface area contributed by atoms with Gasteiger partial charge in [-0.2, -0.15) is 0 Å². The summed E-state index contributed by atoms with van der Waals surface area (Å²) in [4.78, 5) is 2.09. The predicted octanol–water partition coefficient (Wildman–Crippen LogP) is 3.27. The molecule has 1 aliphatic rings. The third kappa shape index (κ3) is 3.87. The smallest absolute Gasteiger partial charge is 0.163 e. The molecule has 1 fully saturated rings. The number of nitrogens with zero attached hydrogens (tertiary/aromatic N) is 1. The summed E-state index contributed by atoms with van der Waals surface area (Å²) < 4.78 is 40.6.